The fraction of sp³-hybridized carbons (Fsp3) is 0.478. The van der Waals surface area contributed by atoms with Crippen molar-refractivity contribution in [3.8, 4) is 5.75 Å². The number of carbonyl (C=O) groups excluding carboxylic acids is 1. The fourth-order valence-corrected chi connectivity index (χ4v) is 3.94. The molecule has 1 aliphatic heterocycles. The average molecular weight is 382 g/mol. The third-order valence-corrected chi connectivity index (χ3v) is 5.49. The summed E-state index contributed by atoms with van der Waals surface area (Å²) in [5.74, 6) is 1.48. The second kappa shape index (κ2) is 10.2. The van der Waals surface area contributed by atoms with E-state index in [1.807, 2.05) is 30.0 Å². The Labute approximate surface area is 168 Å². The van der Waals surface area contributed by atoms with E-state index in [4.69, 9.17) is 4.74 Å². The Morgan fingerprint density at radius 1 is 1.29 bits per heavy atom. The molecule has 1 unspecified atom stereocenters. The predicted molar refractivity (Wildman–Crippen MR) is 112 cm³/mol. The maximum Gasteiger partial charge on any atom is 0.272 e. The molecule has 0 N–H and O–H groups in total. The second-order valence-electron chi connectivity index (χ2n) is 7.47. The first kappa shape index (κ1) is 20.3. The van der Waals surface area contributed by atoms with Gasteiger partial charge in [-0.2, -0.15) is 0 Å². The van der Waals surface area contributed by atoms with Crippen LogP contribution in [0, 0.1) is 5.92 Å². The molecule has 0 bridgehead atoms. The van der Waals surface area contributed by atoms with Crippen molar-refractivity contribution in [3.05, 3.63) is 59.9 Å². The highest BCUT2D eigenvalue weighted by Crippen LogP contribution is 2.20. The van der Waals surface area contributed by atoms with Crippen LogP contribution in [0.25, 0.3) is 0 Å². The number of methoxy groups -OCH3 is 1. The summed E-state index contributed by atoms with van der Waals surface area (Å²) >= 11 is 0. The summed E-state index contributed by atoms with van der Waals surface area (Å²) in [5.41, 5.74) is 1.84. The SMILES string of the molecule is CCN(CC1CCCN(CCc2cccc(OC)c2)C1)C(=O)c1ccccn1. The highest BCUT2D eigenvalue weighted by molar-refractivity contribution is 5.92. The van der Waals surface area contributed by atoms with E-state index < -0.39 is 0 Å². The monoisotopic (exact) mass is 381 g/mol. The minimum Gasteiger partial charge on any atom is -0.497 e. The van der Waals surface area contributed by atoms with E-state index in [1.54, 1.807) is 19.4 Å². The topological polar surface area (TPSA) is 45.7 Å². The van der Waals surface area contributed by atoms with Crippen molar-refractivity contribution in [1.29, 1.82) is 0 Å². The van der Waals surface area contributed by atoms with Gasteiger partial charge < -0.3 is 14.5 Å². The number of piperidine rings is 1. The molecule has 5 heteroatoms. The molecule has 1 aromatic carbocycles. The molecule has 1 aromatic heterocycles. The van der Waals surface area contributed by atoms with Gasteiger partial charge in [-0.05, 0) is 68.5 Å². The smallest absolute Gasteiger partial charge is 0.272 e. The molecular formula is C23H31N3O2. The Morgan fingerprint density at radius 3 is 2.93 bits per heavy atom. The standard InChI is InChI=1S/C23H31N3O2/c1-3-26(23(27)22-11-4-5-13-24-22)18-20-9-7-14-25(17-20)15-12-19-8-6-10-21(16-19)28-2/h4-6,8,10-11,13,16,20H,3,7,9,12,14-15,17-18H2,1-2H3. The van der Waals surface area contributed by atoms with Crippen LogP contribution in [-0.2, 0) is 6.42 Å². The van der Waals surface area contributed by atoms with Gasteiger partial charge in [0.05, 0.1) is 7.11 Å². The van der Waals surface area contributed by atoms with Crippen molar-refractivity contribution in [1.82, 2.24) is 14.8 Å². The van der Waals surface area contributed by atoms with Gasteiger partial charge in [-0.15, -0.1) is 0 Å². The number of amides is 1. The largest absolute Gasteiger partial charge is 0.497 e. The number of nitrogens with zero attached hydrogens (tertiary/aromatic N) is 3. The maximum atomic E-state index is 12.7. The van der Waals surface area contributed by atoms with Crippen LogP contribution in [0.4, 0.5) is 0 Å². The molecule has 150 valence electrons. The minimum atomic E-state index is 0.0385. The highest BCUT2D eigenvalue weighted by atomic mass is 16.5. The summed E-state index contributed by atoms with van der Waals surface area (Å²) in [5, 5.41) is 0. The number of likely N-dealkylation sites (tertiary alicyclic amines) is 1. The molecule has 1 atom stereocenters. The first-order valence-corrected chi connectivity index (χ1v) is 10.2. The Balaban J connectivity index is 1.52. The highest BCUT2D eigenvalue weighted by Gasteiger charge is 2.24. The Bertz CT molecular complexity index is 751. The number of hydrogen-bond donors (Lipinski definition) is 0. The van der Waals surface area contributed by atoms with Crippen LogP contribution in [0.1, 0.15) is 35.8 Å². The fourth-order valence-electron chi connectivity index (χ4n) is 3.94. The van der Waals surface area contributed by atoms with E-state index in [2.05, 4.69) is 28.1 Å². The van der Waals surface area contributed by atoms with Crippen molar-refractivity contribution in [2.24, 2.45) is 5.92 Å². The average Bonchev–Trinajstić information content (AvgIpc) is 2.76. The molecule has 28 heavy (non-hydrogen) atoms. The van der Waals surface area contributed by atoms with Gasteiger partial charge in [-0.25, -0.2) is 0 Å². The van der Waals surface area contributed by atoms with Gasteiger partial charge in [-0.1, -0.05) is 18.2 Å². The summed E-state index contributed by atoms with van der Waals surface area (Å²) < 4.78 is 5.32. The molecule has 0 saturated carbocycles. The van der Waals surface area contributed by atoms with Crippen LogP contribution in [0.3, 0.4) is 0 Å². The number of pyridine rings is 1. The van der Waals surface area contributed by atoms with Crippen LogP contribution in [0.5, 0.6) is 5.75 Å². The first-order chi connectivity index (χ1) is 13.7. The molecule has 1 aliphatic rings. The third kappa shape index (κ3) is 5.55. The Morgan fingerprint density at radius 2 is 2.18 bits per heavy atom. The Kier molecular flexibility index (Phi) is 7.43. The Hall–Kier alpha value is -2.40. The summed E-state index contributed by atoms with van der Waals surface area (Å²) in [6, 6.07) is 13.8. The van der Waals surface area contributed by atoms with Gasteiger partial charge in [0, 0.05) is 32.4 Å². The lowest BCUT2D eigenvalue weighted by Crippen LogP contribution is -2.43. The normalized spacial score (nSPS) is 17.3. The number of benzene rings is 1. The van der Waals surface area contributed by atoms with Crippen LogP contribution < -0.4 is 4.74 Å². The maximum absolute atomic E-state index is 12.7. The molecule has 2 aromatic rings. The van der Waals surface area contributed by atoms with Gasteiger partial charge in [0.25, 0.3) is 5.91 Å². The minimum absolute atomic E-state index is 0.0385. The van der Waals surface area contributed by atoms with Gasteiger partial charge >= 0.3 is 0 Å². The molecule has 1 fully saturated rings. The number of hydrogen-bond acceptors (Lipinski definition) is 4. The molecule has 1 amide bonds. The van der Waals surface area contributed by atoms with Crippen molar-refractivity contribution in [2.45, 2.75) is 26.2 Å². The van der Waals surface area contributed by atoms with E-state index in [0.717, 1.165) is 44.9 Å². The quantitative estimate of drug-likeness (QED) is 0.702. The summed E-state index contributed by atoms with van der Waals surface area (Å²) in [6.45, 7) is 6.81. The number of rotatable bonds is 8. The van der Waals surface area contributed by atoms with Gasteiger partial charge in [-0.3, -0.25) is 9.78 Å². The summed E-state index contributed by atoms with van der Waals surface area (Å²) in [4.78, 5) is 21.4. The summed E-state index contributed by atoms with van der Waals surface area (Å²) in [6.07, 6.45) is 5.08. The van der Waals surface area contributed by atoms with Gasteiger partial charge in [0.2, 0.25) is 0 Å². The molecule has 0 radical (unpaired) electrons. The summed E-state index contributed by atoms with van der Waals surface area (Å²) in [7, 11) is 1.71. The van der Waals surface area contributed by atoms with Crippen LogP contribution >= 0.6 is 0 Å². The van der Waals surface area contributed by atoms with Crippen LogP contribution in [-0.4, -0.2) is 60.5 Å². The zero-order valence-electron chi connectivity index (χ0n) is 17.0. The number of aromatic nitrogens is 1. The van der Waals surface area contributed by atoms with Crippen molar-refractivity contribution in [3.63, 3.8) is 0 Å². The molecule has 2 heterocycles. The lowest BCUT2D eigenvalue weighted by Gasteiger charge is -2.35. The van der Waals surface area contributed by atoms with Crippen LogP contribution in [0.2, 0.25) is 0 Å². The van der Waals surface area contributed by atoms with Crippen LogP contribution in [0.15, 0.2) is 48.7 Å². The van der Waals surface area contributed by atoms with E-state index in [9.17, 15) is 4.79 Å². The predicted octanol–water partition coefficient (Wildman–Crippen LogP) is 3.51. The molecule has 0 spiro atoms. The van der Waals surface area contributed by atoms with E-state index in [-0.39, 0.29) is 5.91 Å². The molecule has 1 saturated heterocycles. The van der Waals surface area contributed by atoms with Crippen molar-refractivity contribution >= 4 is 5.91 Å². The first-order valence-electron chi connectivity index (χ1n) is 10.2. The number of carbonyl (C=O) groups is 1. The van der Waals surface area contributed by atoms with E-state index in [0.29, 0.717) is 11.6 Å². The molecular weight excluding hydrogens is 350 g/mol. The zero-order valence-corrected chi connectivity index (χ0v) is 17.0. The second-order valence-corrected chi connectivity index (χ2v) is 7.47. The van der Waals surface area contributed by atoms with Gasteiger partial charge in [0.15, 0.2) is 0 Å². The lowest BCUT2D eigenvalue weighted by atomic mass is 9.96. The lowest BCUT2D eigenvalue weighted by molar-refractivity contribution is 0.0685. The molecule has 0 aliphatic carbocycles. The molecule has 3 rings (SSSR count). The van der Waals surface area contributed by atoms with Gasteiger partial charge in [0.1, 0.15) is 11.4 Å². The van der Waals surface area contributed by atoms with E-state index in [1.165, 1.54) is 18.4 Å². The van der Waals surface area contributed by atoms with Crippen molar-refractivity contribution < 1.29 is 9.53 Å². The molecule has 5 nitrogen and oxygen atoms in total. The third-order valence-electron chi connectivity index (χ3n) is 5.49. The number of ether oxygens (including phenoxy) is 1. The zero-order chi connectivity index (χ0) is 19.8. The van der Waals surface area contributed by atoms with E-state index >= 15 is 0 Å². The van der Waals surface area contributed by atoms with Crippen molar-refractivity contribution in [2.75, 3.05) is 39.8 Å².